The fourth-order valence-corrected chi connectivity index (χ4v) is 2.62. The van der Waals surface area contributed by atoms with Crippen LogP contribution < -0.4 is 0 Å². The first kappa shape index (κ1) is 11.5. The Kier molecular flexibility index (Phi) is 3.83. The van der Waals surface area contributed by atoms with Gasteiger partial charge in [-0.1, -0.05) is 25.1 Å². The van der Waals surface area contributed by atoms with E-state index in [9.17, 15) is 5.11 Å². The molecule has 2 heteroatoms. The van der Waals surface area contributed by atoms with Crippen LogP contribution in [0.3, 0.4) is 0 Å². The third-order valence-electron chi connectivity index (χ3n) is 3.50. The molecule has 0 atom stereocenters. The number of para-hydroxylation sites is 1. The van der Waals surface area contributed by atoms with E-state index in [2.05, 4.69) is 17.9 Å². The molecule has 1 aliphatic rings. The summed E-state index contributed by atoms with van der Waals surface area (Å²) in [7, 11) is 0. The van der Waals surface area contributed by atoms with Gasteiger partial charge in [0.2, 0.25) is 0 Å². The monoisotopic (exact) mass is 219 g/mol. The Labute approximate surface area is 97.9 Å². The Hall–Kier alpha value is -1.02. The van der Waals surface area contributed by atoms with E-state index in [0.29, 0.717) is 11.7 Å². The summed E-state index contributed by atoms with van der Waals surface area (Å²) in [6, 6.07) is 7.78. The number of aromatic hydroxyl groups is 1. The lowest BCUT2D eigenvalue weighted by Crippen LogP contribution is -2.33. The first-order valence-corrected chi connectivity index (χ1v) is 6.31. The van der Waals surface area contributed by atoms with Gasteiger partial charge in [0.1, 0.15) is 5.75 Å². The smallest absolute Gasteiger partial charge is 0.119 e. The van der Waals surface area contributed by atoms with Crippen LogP contribution in [0.25, 0.3) is 0 Å². The van der Waals surface area contributed by atoms with Crippen molar-refractivity contribution in [2.75, 3.05) is 19.6 Å². The van der Waals surface area contributed by atoms with Crippen LogP contribution in [0.2, 0.25) is 0 Å². The first-order chi connectivity index (χ1) is 7.81. The zero-order valence-electron chi connectivity index (χ0n) is 10.0. The molecule has 0 aliphatic carbocycles. The Bertz CT molecular complexity index is 329. The van der Waals surface area contributed by atoms with Crippen molar-refractivity contribution in [1.29, 1.82) is 0 Å². The largest absolute Gasteiger partial charge is 0.508 e. The van der Waals surface area contributed by atoms with Crippen molar-refractivity contribution in [2.45, 2.75) is 32.1 Å². The Morgan fingerprint density at radius 1 is 1.25 bits per heavy atom. The summed E-state index contributed by atoms with van der Waals surface area (Å²) in [6.45, 7) is 5.79. The topological polar surface area (TPSA) is 23.5 Å². The van der Waals surface area contributed by atoms with Gasteiger partial charge >= 0.3 is 0 Å². The molecular weight excluding hydrogens is 198 g/mol. The lowest BCUT2D eigenvalue weighted by Gasteiger charge is -2.32. The molecule has 1 heterocycles. The summed E-state index contributed by atoms with van der Waals surface area (Å²) in [6.07, 6.45) is 3.59. The van der Waals surface area contributed by atoms with E-state index >= 15 is 0 Å². The number of benzene rings is 1. The van der Waals surface area contributed by atoms with Crippen LogP contribution in [0.1, 0.15) is 37.7 Å². The van der Waals surface area contributed by atoms with Gasteiger partial charge in [-0.05, 0) is 56.4 Å². The standard InChI is InChI=1S/C14H21NO/c1-2-9-15-10-7-12(8-11-15)13-5-3-4-6-14(13)16/h3-6,12,16H,2,7-11H2,1H3. The number of likely N-dealkylation sites (tertiary alicyclic amines) is 1. The molecule has 0 saturated carbocycles. The molecule has 1 aliphatic heterocycles. The molecule has 0 amide bonds. The van der Waals surface area contributed by atoms with E-state index in [1.165, 1.54) is 38.9 Å². The third-order valence-corrected chi connectivity index (χ3v) is 3.50. The number of piperidine rings is 1. The normalized spacial score (nSPS) is 18.8. The van der Waals surface area contributed by atoms with Crippen LogP contribution in [0.5, 0.6) is 5.75 Å². The summed E-state index contributed by atoms with van der Waals surface area (Å²) >= 11 is 0. The van der Waals surface area contributed by atoms with Gasteiger partial charge in [-0.25, -0.2) is 0 Å². The first-order valence-electron chi connectivity index (χ1n) is 6.31. The highest BCUT2D eigenvalue weighted by atomic mass is 16.3. The van der Waals surface area contributed by atoms with E-state index in [0.717, 1.165) is 5.56 Å². The number of hydrogen-bond donors (Lipinski definition) is 1. The van der Waals surface area contributed by atoms with Crippen LogP contribution in [-0.2, 0) is 0 Å². The van der Waals surface area contributed by atoms with Gasteiger partial charge < -0.3 is 10.0 Å². The molecule has 1 N–H and O–H groups in total. The van der Waals surface area contributed by atoms with Crippen molar-refractivity contribution < 1.29 is 5.11 Å². The number of nitrogens with zero attached hydrogens (tertiary/aromatic N) is 1. The van der Waals surface area contributed by atoms with Crippen molar-refractivity contribution in [2.24, 2.45) is 0 Å². The van der Waals surface area contributed by atoms with Crippen molar-refractivity contribution in [3.05, 3.63) is 29.8 Å². The lowest BCUT2D eigenvalue weighted by molar-refractivity contribution is 0.211. The molecule has 0 radical (unpaired) electrons. The van der Waals surface area contributed by atoms with Crippen molar-refractivity contribution in [3.8, 4) is 5.75 Å². The minimum Gasteiger partial charge on any atom is -0.508 e. The highest BCUT2D eigenvalue weighted by Crippen LogP contribution is 2.33. The van der Waals surface area contributed by atoms with Gasteiger partial charge in [-0.3, -0.25) is 0 Å². The van der Waals surface area contributed by atoms with Crippen molar-refractivity contribution in [1.82, 2.24) is 4.90 Å². The van der Waals surface area contributed by atoms with Gasteiger partial charge in [-0.2, -0.15) is 0 Å². The minimum atomic E-state index is 0.469. The van der Waals surface area contributed by atoms with Crippen molar-refractivity contribution in [3.63, 3.8) is 0 Å². The SMILES string of the molecule is CCCN1CCC(c2ccccc2O)CC1. The molecule has 16 heavy (non-hydrogen) atoms. The molecule has 1 saturated heterocycles. The van der Waals surface area contributed by atoms with Crippen LogP contribution in [0, 0.1) is 0 Å². The van der Waals surface area contributed by atoms with E-state index in [1.807, 2.05) is 12.1 Å². The van der Waals surface area contributed by atoms with Crippen LogP contribution in [-0.4, -0.2) is 29.6 Å². The predicted molar refractivity (Wildman–Crippen MR) is 66.8 cm³/mol. The highest BCUT2D eigenvalue weighted by molar-refractivity contribution is 5.35. The lowest BCUT2D eigenvalue weighted by atomic mass is 9.89. The fourth-order valence-electron chi connectivity index (χ4n) is 2.62. The van der Waals surface area contributed by atoms with Gasteiger partial charge in [-0.15, -0.1) is 0 Å². The van der Waals surface area contributed by atoms with Gasteiger partial charge in [0, 0.05) is 0 Å². The molecule has 1 aromatic carbocycles. The summed E-state index contributed by atoms with van der Waals surface area (Å²) in [5, 5.41) is 9.82. The van der Waals surface area contributed by atoms with Crippen LogP contribution >= 0.6 is 0 Å². The molecule has 2 nitrogen and oxygen atoms in total. The third kappa shape index (κ3) is 2.56. The average Bonchev–Trinajstić information content (AvgIpc) is 2.31. The predicted octanol–water partition coefficient (Wildman–Crippen LogP) is 2.98. The minimum absolute atomic E-state index is 0.469. The molecule has 88 valence electrons. The molecule has 0 aromatic heterocycles. The number of phenols is 1. The average molecular weight is 219 g/mol. The Morgan fingerprint density at radius 3 is 2.56 bits per heavy atom. The van der Waals surface area contributed by atoms with Gasteiger partial charge in [0.25, 0.3) is 0 Å². The molecule has 0 unspecified atom stereocenters. The van der Waals surface area contributed by atoms with Crippen LogP contribution in [0.15, 0.2) is 24.3 Å². The second kappa shape index (κ2) is 5.35. The summed E-state index contributed by atoms with van der Waals surface area (Å²) in [5.74, 6) is 1.02. The second-order valence-electron chi connectivity index (χ2n) is 4.67. The van der Waals surface area contributed by atoms with E-state index < -0.39 is 0 Å². The van der Waals surface area contributed by atoms with Crippen LogP contribution in [0.4, 0.5) is 0 Å². The maximum absolute atomic E-state index is 9.82. The molecule has 1 fully saturated rings. The molecule has 0 spiro atoms. The summed E-state index contributed by atoms with van der Waals surface area (Å²) in [4.78, 5) is 2.52. The number of phenolic OH excluding ortho intramolecular Hbond substituents is 1. The molecular formula is C14H21NO. The maximum Gasteiger partial charge on any atom is 0.119 e. The Balaban J connectivity index is 1.96. The van der Waals surface area contributed by atoms with Crippen molar-refractivity contribution >= 4 is 0 Å². The zero-order chi connectivity index (χ0) is 11.4. The van der Waals surface area contributed by atoms with E-state index in [4.69, 9.17) is 0 Å². The summed E-state index contributed by atoms with van der Waals surface area (Å²) in [5.41, 5.74) is 1.14. The highest BCUT2D eigenvalue weighted by Gasteiger charge is 2.21. The second-order valence-corrected chi connectivity index (χ2v) is 4.67. The van der Waals surface area contributed by atoms with E-state index in [1.54, 1.807) is 6.07 Å². The number of hydrogen-bond acceptors (Lipinski definition) is 2. The quantitative estimate of drug-likeness (QED) is 0.844. The fraction of sp³-hybridized carbons (Fsp3) is 0.571. The maximum atomic E-state index is 9.82. The zero-order valence-corrected chi connectivity index (χ0v) is 10.0. The summed E-state index contributed by atoms with van der Waals surface area (Å²) < 4.78 is 0. The number of rotatable bonds is 3. The molecule has 1 aromatic rings. The molecule has 0 bridgehead atoms. The van der Waals surface area contributed by atoms with Gasteiger partial charge in [0.05, 0.1) is 0 Å². The Morgan fingerprint density at radius 2 is 1.94 bits per heavy atom. The van der Waals surface area contributed by atoms with Gasteiger partial charge in [0.15, 0.2) is 0 Å². The molecule has 2 rings (SSSR count). The van der Waals surface area contributed by atoms with E-state index in [-0.39, 0.29) is 0 Å².